The molecular weight excluding hydrogens is 442 g/mol. The largest absolute Gasteiger partial charge is 0.457 e. The Morgan fingerprint density at radius 2 is 1.14 bits per heavy atom. The van der Waals surface area contributed by atoms with Crippen molar-refractivity contribution in [3.05, 3.63) is 161 Å². The molecule has 5 aromatic carbocycles. The zero-order valence-electron chi connectivity index (χ0n) is 19.6. The predicted octanol–water partition coefficient (Wildman–Crippen LogP) is 7.52. The maximum absolute atomic E-state index is 12.1. The zero-order valence-corrected chi connectivity index (χ0v) is 19.6. The number of fused-ring (bicyclic) bond motifs is 3. The fourth-order valence-electron chi connectivity index (χ4n) is 5.95. The first-order chi connectivity index (χ1) is 17.8. The number of nitrogens with zero attached hydrogens (tertiary/aromatic N) is 1. The van der Waals surface area contributed by atoms with Gasteiger partial charge in [-0.2, -0.15) is 0 Å². The van der Waals surface area contributed by atoms with E-state index in [0.29, 0.717) is 12.2 Å². The smallest absolute Gasteiger partial charge is 0.338 e. The van der Waals surface area contributed by atoms with E-state index < -0.39 is 5.41 Å². The van der Waals surface area contributed by atoms with Gasteiger partial charge in [-0.15, -0.1) is 0 Å². The Labute approximate surface area is 210 Å². The van der Waals surface area contributed by atoms with Gasteiger partial charge in [0.05, 0.1) is 22.4 Å². The summed E-state index contributed by atoms with van der Waals surface area (Å²) in [6.07, 6.45) is 0. The highest BCUT2D eigenvalue weighted by atomic mass is 16.5. The minimum atomic E-state index is -0.484. The minimum absolute atomic E-state index is 0.247. The van der Waals surface area contributed by atoms with Crippen LogP contribution >= 0.6 is 0 Å². The number of hydrogen-bond acceptors (Lipinski definition) is 3. The van der Waals surface area contributed by atoms with Crippen molar-refractivity contribution in [1.82, 2.24) is 0 Å². The molecule has 0 unspecified atom stereocenters. The molecular formula is C33H23NO2. The van der Waals surface area contributed by atoms with Crippen molar-refractivity contribution < 1.29 is 9.53 Å². The molecule has 36 heavy (non-hydrogen) atoms. The molecule has 5 aromatic rings. The standard InChI is InChI=1S/C33H23NO2/c35-32-27-20-19-26(21-23(27)22-36-32)34-30-17-9-7-15-28(30)33(24-11-3-1-4-12-24,25-13-5-2-6-14-25)29-16-8-10-18-31(29)34/h1-21H,22H2. The average molecular weight is 466 g/mol. The number of benzene rings is 5. The number of anilines is 3. The second-order valence-electron chi connectivity index (χ2n) is 9.27. The van der Waals surface area contributed by atoms with E-state index in [9.17, 15) is 4.79 Å². The van der Waals surface area contributed by atoms with Crippen molar-refractivity contribution in [2.45, 2.75) is 12.0 Å². The SMILES string of the molecule is O=C1OCc2cc(N3c4ccccc4C(c4ccccc4)(c4ccccc4)c4ccccc43)ccc21. The van der Waals surface area contributed by atoms with E-state index in [2.05, 4.69) is 120 Å². The van der Waals surface area contributed by atoms with Crippen molar-refractivity contribution in [3.8, 4) is 0 Å². The van der Waals surface area contributed by atoms with E-state index in [1.54, 1.807) is 0 Å². The van der Waals surface area contributed by atoms with Crippen molar-refractivity contribution >= 4 is 23.0 Å². The topological polar surface area (TPSA) is 29.5 Å². The number of hydrogen-bond donors (Lipinski definition) is 0. The Bertz CT molecular complexity index is 1520. The lowest BCUT2D eigenvalue weighted by atomic mass is 9.62. The maximum Gasteiger partial charge on any atom is 0.338 e. The van der Waals surface area contributed by atoms with Gasteiger partial charge in [-0.3, -0.25) is 0 Å². The van der Waals surface area contributed by atoms with Gasteiger partial charge in [0.25, 0.3) is 0 Å². The Kier molecular flexibility index (Phi) is 4.58. The quantitative estimate of drug-likeness (QED) is 0.253. The molecule has 2 aliphatic heterocycles. The van der Waals surface area contributed by atoms with E-state index in [0.717, 1.165) is 22.6 Å². The molecule has 3 heteroatoms. The van der Waals surface area contributed by atoms with Crippen LogP contribution in [-0.4, -0.2) is 5.97 Å². The van der Waals surface area contributed by atoms with Crippen LogP contribution in [0.3, 0.4) is 0 Å². The molecule has 0 aromatic heterocycles. The van der Waals surface area contributed by atoms with Gasteiger partial charge in [-0.25, -0.2) is 4.79 Å². The molecule has 0 aliphatic carbocycles. The summed E-state index contributed by atoms with van der Waals surface area (Å²) in [7, 11) is 0. The zero-order chi connectivity index (χ0) is 24.1. The van der Waals surface area contributed by atoms with Gasteiger partial charge in [0, 0.05) is 11.3 Å². The molecule has 0 N–H and O–H groups in total. The fourth-order valence-corrected chi connectivity index (χ4v) is 5.95. The van der Waals surface area contributed by atoms with E-state index in [4.69, 9.17) is 4.74 Å². The normalized spacial score (nSPS) is 15.0. The maximum atomic E-state index is 12.1. The van der Waals surface area contributed by atoms with Crippen LogP contribution in [0, 0.1) is 0 Å². The third-order valence-corrected chi connectivity index (χ3v) is 7.44. The first-order valence-corrected chi connectivity index (χ1v) is 12.2. The number of carbonyl (C=O) groups is 1. The van der Waals surface area contributed by atoms with E-state index >= 15 is 0 Å². The average Bonchev–Trinajstić information content (AvgIpc) is 3.32. The molecule has 0 spiro atoms. The van der Waals surface area contributed by atoms with Gasteiger partial charge in [0.2, 0.25) is 0 Å². The molecule has 0 saturated carbocycles. The highest BCUT2D eigenvalue weighted by molar-refractivity contribution is 5.95. The lowest BCUT2D eigenvalue weighted by Crippen LogP contribution is -2.37. The van der Waals surface area contributed by atoms with Crippen LogP contribution in [0.4, 0.5) is 17.1 Å². The van der Waals surface area contributed by atoms with Crippen molar-refractivity contribution in [2.24, 2.45) is 0 Å². The van der Waals surface area contributed by atoms with E-state index in [-0.39, 0.29) is 5.97 Å². The molecule has 0 saturated heterocycles. The highest BCUT2D eigenvalue weighted by Crippen LogP contribution is 2.57. The summed E-state index contributed by atoms with van der Waals surface area (Å²) in [5.41, 5.74) is 9.23. The Morgan fingerprint density at radius 1 is 0.611 bits per heavy atom. The van der Waals surface area contributed by atoms with Crippen LogP contribution < -0.4 is 4.90 Å². The van der Waals surface area contributed by atoms with Gasteiger partial charge >= 0.3 is 5.97 Å². The molecule has 0 fully saturated rings. The minimum Gasteiger partial charge on any atom is -0.457 e. The number of cyclic esters (lactones) is 1. The van der Waals surface area contributed by atoms with Gasteiger partial charge in [0.1, 0.15) is 6.61 Å². The van der Waals surface area contributed by atoms with Crippen molar-refractivity contribution in [1.29, 1.82) is 0 Å². The third-order valence-electron chi connectivity index (χ3n) is 7.44. The molecule has 0 amide bonds. The van der Waals surface area contributed by atoms with E-state index in [1.807, 2.05) is 12.1 Å². The molecule has 2 aliphatic rings. The molecule has 172 valence electrons. The van der Waals surface area contributed by atoms with Gasteiger partial charge < -0.3 is 9.64 Å². The lowest BCUT2D eigenvalue weighted by Gasteiger charge is -2.46. The summed E-state index contributed by atoms with van der Waals surface area (Å²) in [4.78, 5) is 14.4. The summed E-state index contributed by atoms with van der Waals surface area (Å²) in [6.45, 7) is 0.317. The number of ether oxygens (including phenoxy) is 1. The number of esters is 1. The predicted molar refractivity (Wildman–Crippen MR) is 142 cm³/mol. The summed E-state index contributed by atoms with van der Waals surface area (Å²) < 4.78 is 5.30. The summed E-state index contributed by atoms with van der Waals surface area (Å²) in [5.74, 6) is -0.247. The summed E-state index contributed by atoms with van der Waals surface area (Å²) in [6, 6.07) is 44.9. The van der Waals surface area contributed by atoms with Crippen LogP contribution in [0.15, 0.2) is 127 Å². The molecule has 3 nitrogen and oxygen atoms in total. The van der Waals surface area contributed by atoms with Gasteiger partial charge in [-0.1, -0.05) is 97.1 Å². The Hall–Kier alpha value is -4.63. The van der Waals surface area contributed by atoms with Gasteiger partial charge in [-0.05, 0) is 52.6 Å². The second-order valence-corrected chi connectivity index (χ2v) is 9.27. The molecule has 0 atom stereocenters. The van der Waals surface area contributed by atoms with Crippen LogP contribution in [0.25, 0.3) is 0 Å². The van der Waals surface area contributed by atoms with Crippen molar-refractivity contribution in [2.75, 3.05) is 4.90 Å². The summed E-state index contributed by atoms with van der Waals surface area (Å²) in [5, 5.41) is 0. The number of rotatable bonds is 3. The van der Waals surface area contributed by atoms with E-state index in [1.165, 1.54) is 22.3 Å². The Morgan fingerprint density at radius 3 is 1.72 bits per heavy atom. The van der Waals surface area contributed by atoms with Gasteiger partial charge in [0.15, 0.2) is 0 Å². The second kappa shape index (κ2) is 7.96. The number of para-hydroxylation sites is 2. The van der Waals surface area contributed by atoms with Crippen LogP contribution in [0.5, 0.6) is 0 Å². The molecule has 2 heterocycles. The monoisotopic (exact) mass is 465 g/mol. The van der Waals surface area contributed by atoms with Crippen molar-refractivity contribution in [3.63, 3.8) is 0 Å². The van der Waals surface area contributed by atoms with Crippen LogP contribution in [-0.2, 0) is 16.8 Å². The Balaban J connectivity index is 1.57. The first-order valence-electron chi connectivity index (χ1n) is 12.2. The first kappa shape index (κ1) is 20.7. The summed E-state index contributed by atoms with van der Waals surface area (Å²) >= 11 is 0. The lowest BCUT2D eigenvalue weighted by molar-refractivity contribution is 0.0535. The van der Waals surface area contributed by atoms with Crippen LogP contribution in [0.1, 0.15) is 38.2 Å². The molecule has 7 rings (SSSR count). The highest BCUT2D eigenvalue weighted by Gasteiger charge is 2.46. The number of carbonyl (C=O) groups excluding carboxylic acids is 1. The molecule has 0 bridgehead atoms. The van der Waals surface area contributed by atoms with Crippen LogP contribution in [0.2, 0.25) is 0 Å². The molecule has 0 radical (unpaired) electrons. The fraction of sp³-hybridized carbons (Fsp3) is 0.0606. The third kappa shape index (κ3) is 2.83.